The molecule has 0 radical (unpaired) electrons. The van der Waals surface area contributed by atoms with Crippen molar-refractivity contribution in [3.05, 3.63) is 54.7 Å². The van der Waals surface area contributed by atoms with E-state index < -0.39 is 24.6 Å². The molecule has 1 amide bonds. The molecule has 0 bridgehead atoms. The molecule has 0 saturated heterocycles. The van der Waals surface area contributed by atoms with E-state index in [1.807, 2.05) is 0 Å². The van der Waals surface area contributed by atoms with Gasteiger partial charge in [0.25, 0.3) is 5.91 Å². The summed E-state index contributed by atoms with van der Waals surface area (Å²) >= 11 is 0. The molecule has 12 heteroatoms. The van der Waals surface area contributed by atoms with Crippen LogP contribution in [0.15, 0.2) is 49.1 Å². The van der Waals surface area contributed by atoms with E-state index in [-0.39, 0.29) is 17.3 Å². The molecule has 9 nitrogen and oxygen atoms in total. The Hall–Kier alpha value is -3.96. The number of hydrogen-bond acceptors (Lipinski definition) is 8. The number of rotatable bonds is 6. The number of ether oxygens (including phenoxy) is 1. The third kappa shape index (κ3) is 5.76. The Kier molecular flexibility index (Phi) is 5.71. The van der Waals surface area contributed by atoms with E-state index in [2.05, 4.69) is 35.3 Å². The summed E-state index contributed by atoms with van der Waals surface area (Å²) in [6.45, 7) is -1.56. The van der Waals surface area contributed by atoms with Gasteiger partial charge in [-0.1, -0.05) is 0 Å². The van der Waals surface area contributed by atoms with E-state index in [4.69, 9.17) is 5.73 Å². The van der Waals surface area contributed by atoms with Crippen LogP contribution in [-0.2, 0) is 0 Å². The van der Waals surface area contributed by atoms with E-state index in [9.17, 15) is 18.0 Å². The van der Waals surface area contributed by atoms with Gasteiger partial charge in [0.15, 0.2) is 6.61 Å². The number of nitrogens with one attached hydrogen (secondary N) is 2. The van der Waals surface area contributed by atoms with Crippen molar-refractivity contribution < 1.29 is 22.7 Å². The first-order valence-corrected chi connectivity index (χ1v) is 8.07. The van der Waals surface area contributed by atoms with Crippen LogP contribution in [0.3, 0.4) is 0 Å². The first-order chi connectivity index (χ1) is 13.8. The average Bonchev–Trinajstić information content (AvgIpc) is 2.69. The smallest absolute Gasteiger partial charge is 0.422 e. The summed E-state index contributed by atoms with van der Waals surface area (Å²) in [5.41, 5.74) is 6.68. The number of benzene rings is 1. The molecule has 0 aliphatic rings. The highest BCUT2D eigenvalue weighted by Gasteiger charge is 2.29. The van der Waals surface area contributed by atoms with Gasteiger partial charge < -0.3 is 21.1 Å². The van der Waals surface area contributed by atoms with Crippen molar-refractivity contribution in [1.29, 1.82) is 0 Å². The highest BCUT2D eigenvalue weighted by Crippen LogP contribution is 2.23. The third-order valence-corrected chi connectivity index (χ3v) is 3.35. The number of amides is 1. The maximum Gasteiger partial charge on any atom is 0.422 e. The molecule has 0 unspecified atom stereocenters. The second kappa shape index (κ2) is 8.37. The van der Waals surface area contributed by atoms with Crippen LogP contribution < -0.4 is 21.1 Å². The van der Waals surface area contributed by atoms with Crippen molar-refractivity contribution in [2.45, 2.75) is 6.18 Å². The zero-order valence-electron chi connectivity index (χ0n) is 14.6. The highest BCUT2D eigenvalue weighted by atomic mass is 19.4. The Balaban J connectivity index is 1.72. The summed E-state index contributed by atoms with van der Waals surface area (Å²) in [7, 11) is 0. The second-order valence-corrected chi connectivity index (χ2v) is 5.61. The maximum atomic E-state index is 12.4. The Morgan fingerprint density at radius 1 is 1.14 bits per heavy atom. The minimum absolute atomic E-state index is 0.0384. The average molecular weight is 405 g/mol. The van der Waals surface area contributed by atoms with Crippen LogP contribution >= 0.6 is 0 Å². The molecule has 0 fully saturated rings. The Morgan fingerprint density at radius 3 is 2.62 bits per heavy atom. The van der Waals surface area contributed by atoms with Gasteiger partial charge in [-0.25, -0.2) is 15.0 Å². The van der Waals surface area contributed by atoms with E-state index >= 15 is 0 Å². The predicted molar refractivity (Wildman–Crippen MR) is 97.7 cm³/mol. The van der Waals surface area contributed by atoms with Crippen LogP contribution in [-0.4, -0.2) is 38.6 Å². The fraction of sp³-hybridized carbons (Fsp3) is 0.118. The zero-order valence-corrected chi connectivity index (χ0v) is 14.6. The summed E-state index contributed by atoms with van der Waals surface area (Å²) in [4.78, 5) is 27.8. The van der Waals surface area contributed by atoms with Crippen molar-refractivity contribution in [2.24, 2.45) is 0 Å². The molecule has 29 heavy (non-hydrogen) atoms. The van der Waals surface area contributed by atoms with Gasteiger partial charge in [-0.05, 0) is 30.3 Å². The van der Waals surface area contributed by atoms with Crippen LogP contribution in [0.1, 0.15) is 10.5 Å². The number of nitrogens with two attached hydrogens (primary N) is 1. The van der Waals surface area contributed by atoms with Crippen molar-refractivity contribution in [3.8, 4) is 5.88 Å². The van der Waals surface area contributed by atoms with Gasteiger partial charge in [-0.3, -0.25) is 4.79 Å². The van der Waals surface area contributed by atoms with Gasteiger partial charge in [0, 0.05) is 17.6 Å². The summed E-state index contributed by atoms with van der Waals surface area (Å²) < 4.78 is 41.7. The van der Waals surface area contributed by atoms with Gasteiger partial charge in [-0.2, -0.15) is 18.2 Å². The van der Waals surface area contributed by atoms with Crippen LogP contribution in [0.2, 0.25) is 0 Å². The second-order valence-electron chi connectivity index (χ2n) is 5.61. The highest BCUT2D eigenvalue weighted by molar-refractivity contribution is 6.03. The van der Waals surface area contributed by atoms with E-state index in [1.165, 1.54) is 12.3 Å². The fourth-order valence-corrected chi connectivity index (χ4v) is 2.10. The first-order valence-electron chi connectivity index (χ1n) is 8.07. The number of carbonyl (C=O) groups is 1. The lowest BCUT2D eigenvalue weighted by Crippen LogP contribution is -2.21. The summed E-state index contributed by atoms with van der Waals surface area (Å²) in [5, 5.41) is 5.28. The SMILES string of the molecule is Nc1ccc(Nc2nccc(C(=O)Nc3cncnc3OCC(F)(F)F)n2)cc1. The quantitative estimate of drug-likeness (QED) is 0.534. The van der Waals surface area contributed by atoms with Crippen molar-refractivity contribution in [1.82, 2.24) is 19.9 Å². The molecular formula is C17H14F3N7O2. The van der Waals surface area contributed by atoms with Crippen molar-refractivity contribution in [3.63, 3.8) is 0 Å². The minimum Gasteiger partial charge on any atom is -0.466 e. The number of carbonyl (C=O) groups excluding carboxylic acids is 1. The molecule has 2 heterocycles. The van der Waals surface area contributed by atoms with E-state index in [0.29, 0.717) is 11.4 Å². The number of halogens is 3. The number of hydrogen-bond donors (Lipinski definition) is 3. The molecule has 3 aromatic rings. The van der Waals surface area contributed by atoms with Crippen LogP contribution in [0, 0.1) is 0 Å². The molecule has 150 valence electrons. The Morgan fingerprint density at radius 2 is 1.90 bits per heavy atom. The lowest BCUT2D eigenvalue weighted by molar-refractivity contribution is -0.153. The fourth-order valence-electron chi connectivity index (χ4n) is 2.10. The van der Waals surface area contributed by atoms with E-state index in [1.54, 1.807) is 24.3 Å². The van der Waals surface area contributed by atoms with Gasteiger partial charge >= 0.3 is 6.18 Å². The molecule has 0 atom stereocenters. The molecular weight excluding hydrogens is 391 g/mol. The largest absolute Gasteiger partial charge is 0.466 e. The Labute approximate surface area is 162 Å². The molecule has 2 aromatic heterocycles. The topological polar surface area (TPSA) is 128 Å². The van der Waals surface area contributed by atoms with Crippen LogP contribution in [0.4, 0.5) is 36.2 Å². The van der Waals surface area contributed by atoms with Gasteiger partial charge in [-0.15, -0.1) is 0 Å². The summed E-state index contributed by atoms with van der Waals surface area (Å²) in [6.07, 6.45) is -1.09. The predicted octanol–water partition coefficient (Wildman–Crippen LogP) is 2.79. The van der Waals surface area contributed by atoms with Crippen LogP contribution in [0.25, 0.3) is 0 Å². The van der Waals surface area contributed by atoms with Gasteiger partial charge in [0.05, 0.1) is 6.20 Å². The molecule has 0 saturated carbocycles. The molecule has 0 spiro atoms. The lowest BCUT2D eigenvalue weighted by atomic mass is 10.3. The monoisotopic (exact) mass is 405 g/mol. The standard InChI is InChI=1S/C17H14F3N7O2/c18-17(19,20)8-29-15-13(7-22-9-24-15)26-14(28)12-5-6-23-16(27-12)25-11-3-1-10(21)2-4-11/h1-7,9H,8,21H2,(H,26,28)(H,23,25,27). The molecule has 3 rings (SSSR count). The van der Waals surface area contributed by atoms with E-state index in [0.717, 1.165) is 12.5 Å². The first kappa shape index (κ1) is 19.8. The minimum atomic E-state index is -4.55. The normalized spacial score (nSPS) is 11.0. The number of aromatic nitrogens is 4. The molecule has 0 aliphatic carbocycles. The molecule has 4 N–H and O–H groups in total. The van der Waals surface area contributed by atoms with Crippen molar-refractivity contribution >= 4 is 28.9 Å². The number of anilines is 4. The Bertz CT molecular complexity index is 997. The van der Waals surface area contributed by atoms with Crippen LogP contribution in [0.5, 0.6) is 5.88 Å². The zero-order chi connectivity index (χ0) is 20.9. The lowest BCUT2D eigenvalue weighted by Gasteiger charge is -2.12. The third-order valence-electron chi connectivity index (χ3n) is 3.35. The van der Waals surface area contributed by atoms with Gasteiger partial charge in [0.1, 0.15) is 17.7 Å². The van der Waals surface area contributed by atoms with Crippen molar-refractivity contribution in [2.75, 3.05) is 23.0 Å². The van der Waals surface area contributed by atoms with Gasteiger partial charge in [0.2, 0.25) is 11.8 Å². The maximum absolute atomic E-state index is 12.4. The number of nitrogen functional groups attached to an aromatic ring is 1. The summed E-state index contributed by atoms with van der Waals surface area (Å²) in [6, 6.07) is 8.10. The summed E-state index contributed by atoms with van der Waals surface area (Å²) in [5.74, 6) is -0.986. The molecule has 1 aromatic carbocycles. The number of nitrogens with zero attached hydrogens (tertiary/aromatic N) is 4. The molecule has 0 aliphatic heterocycles. The number of alkyl halides is 3.